The standard InChI is InChI=1S/C8H7FO2S/c9-6-2-1-5(3-8(10)11)7(12)4-6/h1-2,4,12H,3H2,(H,10,11). The summed E-state index contributed by atoms with van der Waals surface area (Å²) in [5, 5.41) is 8.43. The summed E-state index contributed by atoms with van der Waals surface area (Å²) in [6, 6.07) is 3.84. The summed E-state index contributed by atoms with van der Waals surface area (Å²) >= 11 is 3.94. The average Bonchev–Trinajstić information content (AvgIpc) is 1.94. The van der Waals surface area contributed by atoms with E-state index < -0.39 is 11.8 Å². The third-order valence-electron chi connectivity index (χ3n) is 1.39. The SMILES string of the molecule is O=C(O)Cc1ccc(F)cc1S. The van der Waals surface area contributed by atoms with Crippen molar-refractivity contribution in [2.45, 2.75) is 11.3 Å². The van der Waals surface area contributed by atoms with Gasteiger partial charge in [-0.25, -0.2) is 4.39 Å². The molecule has 0 radical (unpaired) electrons. The van der Waals surface area contributed by atoms with Crippen LogP contribution in [-0.4, -0.2) is 11.1 Å². The molecule has 1 N–H and O–H groups in total. The molecule has 0 aliphatic heterocycles. The Morgan fingerprint density at radius 2 is 2.25 bits per heavy atom. The van der Waals surface area contributed by atoms with E-state index in [0.29, 0.717) is 10.5 Å². The zero-order valence-corrected chi connectivity index (χ0v) is 7.01. The van der Waals surface area contributed by atoms with Crippen molar-refractivity contribution in [3.05, 3.63) is 29.6 Å². The molecule has 0 aliphatic rings. The van der Waals surface area contributed by atoms with Gasteiger partial charge in [0, 0.05) is 4.90 Å². The van der Waals surface area contributed by atoms with E-state index in [1.165, 1.54) is 18.2 Å². The summed E-state index contributed by atoms with van der Waals surface area (Å²) < 4.78 is 12.5. The lowest BCUT2D eigenvalue weighted by Crippen LogP contribution is -2.00. The molecule has 0 amide bonds. The van der Waals surface area contributed by atoms with Crippen LogP contribution < -0.4 is 0 Å². The maximum Gasteiger partial charge on any atom is 0.307 e. The summed E-state index contributed by atoms with van der Waals surface area (Å²) in [6.45, 7) is 0. The average molecular weight is 186 g/mol. The molecule has 0 saturated carbocycles. The van der Waals surface area contributed by atoms with Crippen LogP contribution in [0.5, 0.6) is 0 Å². The van der Waals surface area contributed by atoms with Gasteiger partial charge in [-0.15, -0.1) is 12.6 Å². The third-order valence-corrected chi connectivity index (χ3v) is 1.81. The summed E-state index contributed by atoms with van der Waals surface area (Å²) in [5.74, 6) is -1.36. The van der Waals surface area contributed by atoms with Gasteiger partial charge in [-0.3, -0.25) is 4.79 Å². The number of rotatable bonds is 2. The molecule has 0 bridgehead atoms. The molecule has 1 rings (SSSR count). The number of hydrogen-bond acceptors (Lipinski definition) is 2. The van der Waals surface area contributed by atoms with Crippen LogP contribution in [0.2, 0.25) is 0 Å². The Balaban J connectivity index is 2.93. The quantitative estimate of drug-likeness (QED) is 0.690. The van der Waals surface area contributed by atoms with E-state index in [-0.39, 0.29) is 6.42 Å². The Hall–Kier alpha value is -1.03. The molecule has 0 fully saturated rings. The monoisotopic (exact) mass is 186 g/mol. The van der Waals surface area contributed by atoms with Gasteiger partial charge >= 0.3 is 5.97 Å². The molecule has 4 heteroatoms. The largest absolute Gasteiger partial charge is 0.481 e. The van der Waals surface area contributed by atoms with E-state index in [4.69, 9.17) is 5.11 Å². The predicted molar refractivity (Wildman–Crippen MR) is 45.0 cm³/mol. The second kappa shape index (κ2) is 3.58. The Morgan fingerprint density at radius 3 is 2.75 bits per heavy atom. The Morgan fingerprint density at radius 1 is 1.58 bits per heavy atom. The van der Waals surface area contributed by atoms with Crippen LogP contribution in [0.25, 0.3) is 0 Å². The molecule has 0 aromatic heterocycles. The zero-order chi connectivity index (χ0) is 9.14. The van der Waals surface area contributed by atoms with Gasteiger partial charge in [0.05, 0.1) is 6.42 Å². The predicted octanol–water partition coefficient (Wildman–Crippen LogP) is 1.74. The first-order valence-electron chi connectivity index (χ1n) is 3.29. The second-order valence-corrected chi connectivity index (χ2v) is 2.83. The Kier molecular flexibility index (Phi) is 2.70. The van der Waals surface area contributed by atoms with Crippen LogP contribution >= 0.6 is 12.6 Å². The van der Waals surface area contributed by atoms with E-state index in [2.05, 4.69) is 12.6 Å². The topological polar surface area (TPSA) is 37.3 Å². The number of halogens is 1. The summed E-state index contributed by atoms with van der Waals surface area (Å²) in [5.41, 5.74) is 0.521. The van der Waals surface area contributed by atoms with Crippen LogP contribution in [0.4, 0.5) is 4.39 Å². The van der Waals surface area contributed by atoms with Gasteiger partial charge in [0.15, 0.2) is 0 Å². The third kappa shape index (κ3) is 2.23. The molecular formula is C8H7FO2S. The number of carbonyl (C=O) groups is 1. The van der Waals surface area contributed by atoms with Crippen molar-refractivity contribution < 1.29 is 14.3 Å². The van der Waals surface area contributed by atoms with Crippen molar-refractivity contribution >= 4 is 18.6 Å². The second-order valence-electron chi connectivity index (χ2n) is 2.34. The fourth-order valence-corrected chi connectivity index (χ4v) is 1.13. The molecule has 1 aromatic carbocycles. The minimum atomic E-state index is -0.947. The van der Waals surface area contributed by atoms with Crippen molar-refractivity contribution in [3.63, 3.8) is 0 Å². The zero-order valence-electron chi connectivity index (χ0n) is 6.12. The van der Waals surface area contributed by atoms with Gasteiger partial charge < -0.3 is 5.11 Å². The first-order chi connectivity index (χ1) is 5.59. The van der Waals surface area contributed by atoms with Gasteiger partial charge in [-0.2, -0.15) is 0 Å². The normalized spacial score (nSPS) is 9.83. The molecule has 12 heavy (non-hydrogen) atoms. The number of benzene rings is 1. The Labute approximate surface area is 74.4 Å². The number of hydrogen-bond donors (Lipinski definition) is 2. The lowest BCUT2D eigenvalue weighted by Gasteiger charge is -2.00. The van der Waals surface area contributed by atoms with Crippen molar-refractivity contribution in [2.24, 2.45) is 0 Å². The Bertz CT molecular complexity index is 312. The fraction of sp³-hybridized carbons (Fsp3) is 0.125. The summed E-state index contributed by atoms with van der Waals surface area (Å²) in [7, 11) is 0. The molecule has 64 valence electrons. The number of thiol groups is 1. The van der Waals surface area contributed by atoms with E-state index in [9.17, 15) is 9.18 Å². The van der Waals surface area contributed by atoms with Crippen molar-refractivity contribution in [1.29, 1.82) is 0 Å². The number of aliphatic carboxylic acids is 1. The lowest BCUT2D eigenvalue weighted by molar-refractivity contribution is -0.136. The van der Waals surface area contributed by atoms with E-state index in [1.807, 2.05) is 0 Å². The highest BCUT2D eigenvalue weighted by Gasteiger charge is 2.04. The van der Waals surface area contributed by atoms with Crippen LogP contribution in [0, 0.1) is 5.82 Å². The van der Waals surface area contributed by atoms with E-state index in [1.54, 1.807) is 0 Å². The number of carboxylic acids is 1. The van der Waals surface area contributed by atoms with Crippen molar-refractivity contribution in [3.8, 4) is 0 Å². The van der Waals surface area contributed by atoms with Crippen LogP contribution in [0.15, 0.2) is 23.1 Å². The fourth-order valence-electron chi connectivity index (χ4n) is 0.849. The molecule has 0 heterocycles. The highest BCUT2D eigenvalue weighted by molar-refractivity contribution is 7.80. The van der Waals surface area contributed by atoms with Gasteiger partial charge in [-0.05, 0) is 17.7 Å². The van der Waals surface area contributed by atoms with Crippen molar-refractivity contribution in [1.82, 2.24) is 0 Å². The molecule has 0 aliphatic carbocycles. The molecule has 1 aromatic rings. The summed E-state index contributed by atoms with van der Waals surface area (Å²) in [4.78, 5) is 10.7. The molecule has 0 atom stereocenters. The van der Waals surface area contributed by atoms with Gasteiger partial charge in [0.1, 0.15) is 5.82 Å². The highest BCUT2D eigenvalue weighted by Crippen LogP contribution is 2.15. The molecule has 2 nitrogen and oxygen atoms in total. The van der Waals surface area contributed by atoms with E-state index >= 15 is 0 Å². The minimum absolute atomic E-state index is 0.126. The first kappa shape index (κ1) is 9.06. The molecule has 0 unspecified atom stereocenters. The van der Waals surface area contributed by atoms with Crippen molar-refractivity contribution in [2.75, 3.05) is 0 Å². The maximum absolute atomic E-state index is 12.5. The van der Waals surface area contributed by atoms with Crippen LogP contribution in [0.1, 0.15) is 5.56 Å². The molecule has 0 saturated heterocycles. The van der Waals surface area contributed by atoms with Crippen LogP contribution in [-0.2, 0) is 11.2 Å². The number of carboxylic acid groups (broad SMARTS) is 1. The van der Waals surface area contributed by atoms with Crippen LogP contribution in [0.3, 0.4) is 0 Å². The van der Waals surface area contributed by atoms with E-state index in [0.717, 1.165) is 0 Å². The van der Waals surface area contributed by atoms with Gasteiger partial charge in [0.25, 0.3) is 0 Å². The molecule has 0 spiro atoms. The van der Waals surface area contributed by atoms with Gasteiger partial charge in [-0.1, -0.05) is 6.07 Å². The summed E-state index contributed by atoms with van der Waals surface area (Å²) in [6.07, 6.45) is -0.126. The molecular weight excluding hydrogens is 179 g/mol. The first-order valence-corrected chi connectivity index (χ1v) is 3.73. The maximum atomic E-state index is 12.5. The minimum Gasteiger partial charge on any atom is -0.481 e. The lowest BCUT2D eigenvalue weighted by atomic mass is 10.1. The highest BCUT2D eigenvalue weighted by atomic mass is 32.1. The smallest absolute Gasteiger partial charge is 0.307 e. The van der Waals surface area contributed by atoms with Gasteiger partial charge in [0.2, 0.25) is 0 Å².